The number of piperidine rings is 1. The lowest BCUT2D eigenvalue weighted by atomic mass is 9.93. The summed E-state index contributed by atoms with van der Waals surface area (Å²) in [6, 6.07) is 5.73. The van der Waals surface area contributed by atoms with Gasteiger partial charge in [0.2, 0.25) is 0 Å². The number of likely N-dealkylation sites (tertiary alicyclic amines) is 1. The van der Waals surface area contributed by atoms with Crippen LogP contribution in [-0.2, 0) is 11.3 Å². The Morgan fingerprint density at radius 2 is 2.15 bits per heavy atom. The number of carboxylic acid groups (broad SMARTS) is 1. The minimum atomic E-state index is -0.702. The number of rotatable bonds is 5. The highest BCUT2D eigenvalue weighted by Gasteiger charge is 2.20. The van der Waals surface area contributed by atoms with Crippen molar-refractivity contribution in [3.05, 3.63) is 33.8 Å². The Balaban J connectivity index is 1.88. The number of hydrogen-bond donors (Lipinski definition) is 1. The fourth-order valence-corrected chi connectivity index (χ4v) is 3.07. The van der Waals surface area contributed by atoms with Gasteiger partial charge in [0.25, 0.3) is 0 Å². The van der Waals surface area contributed by atoms with Crippen LogP contribution in [0.1, 0.15) is 31.2 Å². The molecule has 0 aromatic heterocycles. The maximum atomic E-state index is 10.6. The summed E-state index contributed by atoms with van der Waals surface area (Å²) in [5.74, 6) is -0.214. The summed E-state index contributed by atoms with van der Waals surface area (Å²) in [6.07, 6.45) is 3.30. The predicted molar refractivity (Wildman–Crippen MR) is 81.3 cm³/mol. The first-order valence-corrected chi connectivity index (χ1v) is 7.68. The first kappa shape index (κ1) is 15.6. The van der Waals surface area contributed by atoms with E-state index >= 15 is 0 Å². The van der Waals surface area contributed by atoms with E-state index in [4.69, 9.17) is 28.3 Å². The van der Waals surface area contributed by atoms with Crippen LogP contribution in [0.25, 0.3) is 0 Å². The normalized spacial score (nSPS) is 20.0. The summed E-state index contributed by atoms with van der Waals surface area (Å²) < 4.78 is 0. The van der Waals surface area contributed by atoms with Crippen molar-refractivity contribution in [2.24, 2.45) is 5.92 Å². The van der Waals surface area contributed by atoms with Crippen molar-refractivity contribution in [3.63, 3.8) is 0 Å². The highest BCUT2D eigenvalue weighted by atomic mass is 35.5. The van der Waals surface area contributed by atoms with Gasteiger partial charge in [-0.15, -0.1) is 0 Å². The third kappa shape index (κ3) is 4.65. The van der Waals surface area contributed by atoms with Crippen LogP contribution in [0, 0.1) is 5.92 Å². The van der Waals surface area contributed by atoms with E-state index in [0.29, 0.717) is 16.0 Å². The standard InChI is InChI=1S/C15H19Cl2NO2/c16-13-5-3-12(8-14(13)17)10-18-7-1-2-11(9-18)4-6-15(19)20/h3,5,8,11H,1-2,4,6-7,9-10H2,(H,19,20). The van der Waals surface area contributed by atoms with Crippen molar-refractivity contribution >= 4 is 29.2 Å². The van der Waals surface area contributed by atoms with Gasteiger partial charge in [0.1, 0.15) is 0 Å². The Labute approximate surface area is 129 Å². The van der Waals surface area contributed by atoms with Gasteiger partial charge in [0, 0.05) is 19.5 Å². The van der Waals surface area contributed by atoms with Crippen LogP contribution < -0.4 is 0 Å². The maximum absolute atomic E-state index is 10.6. The quantitative estimate of drug-likeness (QED) is 0.890. The molecule has 1 aliphatic heterocycles. The molecule has 1 unspecified atom stereocenters. The zero-order valence-corrected chi connectivity index (χ0v) is 12.8. The summed E-state index contributed by atoms with van der Waals surface area (Å²) in [4.78, 5) is 13.0. The first-order chi connectivity index (χ1) is 9.54. The van der Waals surface area contributed by atoms with E-state index in [1.165, 1.54) is 0 Å². The average molecular weight is 316 g/mol. The summed E-state index contributed by atoms with van der Waals surface area (Å²) in [7, 11) is 0. The number of carbonyl (C=O) groups is 1. The molecule has 1 aromatic carbocycles. The average Bonchev–Trinajstić information content (AvgIpc) is 2.41. The maximum Gasteiger partial charge on any atom is 0.303 e. The number of carboxylic acids is 1. The van der Waals surface area contributed by atoms with Gasteiger partial charge in [0.15, 0.2) is 0 Å². The molecule has 110 valence electrons. The van der Waals surface area contributed by atoms with Crippen molar-refractivity contribution in [2.45, 2.75) is 32.2 Å². The molecule has 1 atom stereocenters. The second-order valence-electron chi connectivity index (χ2n) is 5.42. The molecule has 1 N–H and O–H groups in total. The Morgan fingerprint density at radius 1 is 1.35 bits per heavy atom. The molecule has 1 aromatic rings. The molecule has 0 bridgehead atoms. The zero-order valence-electron chi connectivity index (χ0n) is 11.3. The second kappa shape index (κ2) is 7.30. The zero-order chi connectivity index (χ0) is 14.5. The number of hydrogen-bond acceptors (Lipinski definition) is 2. The van der Waals surface area contributed by atoms with Crippen molar-refractivity contribution in [1.29, 1.82) is 0 Å². The predicted octanol–water partition coefficient (Wildman–Crippen LogP) is 4.07. The Hall–Kier alpha value is -0.770. The summed E-state index contributed by atoms with van der Waals surface area (Å²) >= 11 is 11.9. The molecule has 1 fully saturated rings. The fraction of sp³-hybridized carbons (Fsp3) is 0.533. The lowest BCUT2D eigenvalue weighted by molar-refractivity contribution is -0.137. The van der Waals surface area contributed by atoms with E-state index in [1.807, 2.05) is 18.2 Å². The number of nitrogens with zero attached hydrogens (tertiary/aromatic N) is 1. The lowest BCUT2D eigenvalue weighted by Crippen LogP contribution is -2.35. The molecule has 1 saturated heterocycles. The lowest BCUT2D eigenvalue weighted by Gasteiger charge is -2.32. The minimum Gasteiger partial charge on any atom is -0.481 e. The molecule has 0 radical (unpaired) electrons. The van der Waals surface area contributed by atoms with E-state index < -0.39 is 5.97 Å². The van der Waals surface area contributed by atoms with E-state index in [1.54, 1.807) is 0 Å². The van der Waals surface area contributed by atoms with E-state index in [9.17, 15) is 4.79 Å². The molecule has 20 heavy (non-hydrogen) atoms. The van der Waals surface area contributed by atoms with Crippen molar-refractivity contribution in [1.82, 2.24) is 4.90 Å². The van der Waals surface area contributed by atoms with Crippen LogP contribution in [0.4, 0.5) is 0 Å². The molecule has 3 nitrogen and oxygen atoms in total. The topological polar surface area (TPSA) is 40.5 Å². The molecule has 5 heteroatoms. The number of aliphatic carboxylic acids is 1. The van der Waals surface area contributed by atoms with Gasteiger partial charge in [0.05, 0.1) is 10.0 Å². The SMILES string of the molecule is O=C(O)CCC1CCCN(Cc2ccc(Cl)c(Cl)c2)C1. The summed E-state index contributed by atoms with van der Waals surface area (Å²) in [6.45, 7) is 2.87. The van der Waals surface area contributed by atoms with Crippen LogP contribution in [0.3, 0.4) is 0 Å². The molecule has 0 amide bonds. The van der Waals surface area contributed by atoms with Gasteiger partial charge in [-0.1, -0.05) is 29.3 Å². The third-order valence-corrected chi connectivity index (χ3v) is 4.50. The molecule has 1 heterocycles. The molecular weight excluding hydrogens is 297 g/mol. The Kier molecular flexibility index (Phi) is 5.70. The molecule has 0 aliphatic carbocycles. The summed E-state index contributed by atoms with van der Waals surface area (Å²) in [5.41, 5.74) is 1.15. The van der Waals surface area contributed by atoms with Crippen LogP contribution >= 0.6 is 23.2 Å². The Bertz CT molecular complexity index is 479. The van der Waals surface area contributed by atoms with Crippen LogP contribution in [-0.4, -0.2) is 29.1 Å². The van der Waals surface area contributed by atoms with E-state index in [2.05, 4.69) is 4.90 Å². The van der Waals surface area contributed by atoms with E-state index in [-0.39, 0.29) is 6.42 Å². The molecule has 0 saturated carbocycles. The van der Waals surface area contributed by atoms with Crippen LogP contribution in [0.15, 0.2) is 18.2 Å². The third-order valence-electron chi connectivity index (χ3n) is 3.76. The van der Waals surface area contributed by atoms with Gasteiger partial charge in [-0.05, 0) is 49.4 Å². The Morgan fingerprint density at radius 3 is 2.85 bits per heavy atom. The highest BCUT2D eigenvalue weighted by Crippen LogP contribution is 2.26. The van der Waals surface area contributed by atoms with Gasteiger partial charge >= 0.3 is 5.97 Å². The monoisotopic (exact) mass is 315 g/mol. The van der Waals surface area contributed by atoms with Gasteiger partial charge < -0.3 is 5.11 Å². The molecular formula is C15H19Cl2NO2. The first-order valence-electron chi connectivity index (χ1n) is 6.92. The highest BCUT2D eigenvalue weighted by molar-refractivity contribution is 6.42. The fourth-order valence-electron chi connectivity index (χ4n) is 2.75. The van der Waals surface area contributed by atoms with E-state index in [0.717, 1.165) is 44.5 Å². The van der Waals surface area contributed by atoms with Gasteiger partial charge in [-0.2, -0.15) is 0 Å². The van der Waals surface area contributed by atoms with Crippen LogP contribution in [0.5, 0.6) is 0 Å². The second-order valence-corrected chi connectivity index (χ2v) is 6.24. The van der Waals surface area contributed by atoms with Gasteiger partial charge in [-0.25, -0.2) is 0 Å². The molecule has 1 aliphatic rings. The molecule has 0 spiro atoms. The summed E-state index contributed by atoms with van der Waals surface area (Å²) in [5, 5.41) is 9.92. The minimum absolute atomic E-state index is 0.269. The largest absolute Gasteiger partial charge is 0.481 e. The smallest absolute Gasteiger partial charge is 0.303 e. The van der Waals surface area contributed by atoms with Crippen molar-refractivity contribution in [2.75, 3.05) is 13.1 Å². The number of benzene rings is 1. The van der Waals surface area contributed by atoms with Crippen molar-refractivity contribution in [3.8, 4) is 0 Å². The van der Waals surface area contributed by atoms with Gasteiger partial charge in [-0.3, -0.25) is 9.69 Å². The molecule has 2 rings (SSSR count). The number of halogens is 2. The van der Waals surface area contributed by atoms with Crippen molar-refractivity contribution < 1.29 is 9.90 Å². The van der Waals surface area contributed by atoms with Crippen LogP contribution in [0.2, 0.25) is 10.0 Å².